The largest absolute Gasteiger partial charge is 0.472 e. The number of imidazole rings is 1. The molecule has 0 spiro atoms. The zero-order valence-corrected chi connectivity index (χ0v) is 21.9. The van der Waals surface area contributed by atoms with Crippen molar-refractivity contribution in [1.29, 1.82) is 0 Å². The first-order valence-corrected chi connectivity index (χ1v) is 11.8. The van der Waals surface area contributed by atoms with Crippen LogP contribution in [0.5, 0.6) is 0 Å². The van der Waals surface area contributed by atoms with Crippen molar-refractivity contribution in [1.82, 2.24) is 19.5 Å². The quantitative estimate of drug-likeness (QED) is 0.299. The van der Waals surface area contributed by atoms with Gasteiger partial charge in [-0.1, -0.05) is 13.8 Å². The Hall–Kier alpha value is -1.48. The summed E-state index contributed by atoms with van der Waals surface area (Å²) in [4.78, 5) is 46.7. The summed E-state index contributed by atoms with van der Waals surface area (Å²) in [7, 11) is -4.30. The Bertz CT molecular complexity index is 1070. The molecule has 1 amide bonds. The van der Waals surface area contributed by atoms with Crippen molar-refractivity contribution in [2.24, 2.45) is 0 Å². The molecule has 2 aliphatic heterocycles. The van der Waals surface area contributed by atoms with Gasteiger partial charge in [0.2, 0.25) is 5.91 Å². The fraction of sp³-hybridized carbons (Fsp3) is 0.611. The maximum atomic E-state index is 12.3. The Balaban J connectivity index is 0.00000204. The summed E-state index contributed by atoms with van der Waals surface area (Å²) in [6.07, 6.45) is 0.639. The fourth-order valence-corrected chi connectivity index (χ4v) is 4.60. The van der Waals surface area contributed by atoms with Crippen LogP contribution in [-0.4, -0.2) is 96.2 Å². The number of phosphoric acid groups is 1. The summed E-state index contributed by atoms with van der Waals surface area (Å²) in [6.45, 7) is 3.50. The molecule has 34 heavy (non-hydrogen) atoms. The number of hydrogen-bond acceptors (Lipinski definition) is 10. The molecule has 0 aliphatic carbocycles. The number of amides is 1. The first-order valence-electron chi connectivity index (χ1n) is 10.3. The third-order valence-electron chi connectivity index (χ3n) is 5.03. The van der Waals surface area contributed by atoms with E-state index in [1.807, 2.05) is 13.8 Å². The van der Waals surface area contributed by atoms with Crippen molar-refractivity contribution >= 4 is 66.2 Å². The van der Waals surface area contributed by atoms with Gasteiger partial charge < -0.3 is 25.2 Å². The minimum absolute atomic E-state index is 0. The van der Waals surface area contributed by atoms with E-state index in [-0.39, 0.29) is 59.8 Å². The van der Waals surface area contributed by atoms with Gasteiger partial charge in [0, 0.05) is 42.4 Å². The second kappa shape index (κ2) is 12.0. The van der Waals surface area contributed by atoms with Gasteiger partial charge in [0.25, 0.3) is 0 Å². The van der Waals surface area contributed by atoms with Crippen molar-refractivity contribution in [3.63, 3.8) is 0 Å². The second-order valence-corrected chi connectivity index (χ2v) is 8.85. The molecule has 14 nitrogen and oxygen atoms in total. The van der Waals surface area contributed by atoms with E-state index in [1.165, 1.54) is 17.2 Å². The molecule has 0 saturated carbocycles. The molecular weight excluding hydrogens is 484 g/mol. The van der Waals surface area contributed by atoms with Gasteiger partial charge in [-0.2, -0.15) is 0 Å². The molecule has 0 aromatic carbocycles. The normalized spacial score (nSPS) is 27.9. The molecule has 5 atom stereocenters. The monoisotopic (exact) mass is 510 g/mol. The van der Waals surface area contributed by atoms with Crippen LogP contribution < -0.4 is 5.32 Å². The average Bonchev–Trinajstić information content (AvgIpc) is 3.30. The van der Waals surface area contributed by atoms with Crippen LogP contribution in [-0.2, 0) is 32.7 Å². The Labute approximate surface area is 216 Å². The van der Waals surface area contributed by atoms with Gasteiger partial charge >= 0.3 is 13.8 Å². The summed E-state index contributed by atoms with van der Waals surface area (Å²) in [5, 5.41) is 2.70. The van der Waals surface area contributed by atoms with Gasteiger partial charge in [-0.05, 0) is 12.8 Å². The minimum atomic E-state index is -4.30. The van der Waals surface area contributed by atoms with Crippen LogP contribution in [0.4, 0.5) is 5.82 Å². The van der Waals surface area contributed by atoms with Crippen molar-refractivity contribution in [2.75, 3.05) is 11.9 Å². The Morgan fingerprint density at radius 3 is 2.71 bits per heavy atom. The Morgan fingerprint density at radius 2 is 2.00 bits per heavy atom. The van der Waals surface area contributed by atoms with E-state index in [0.717, 1.165) is 0 Å². The van der Waals surface area contributed by atoms with Crippen molar-refractivity contribution in [3.05, 3.63) is 12.7 Å². The van der Waals surface area contributed by atoms with Crippen molar-refractivity contribution in [2.45, 2.75) is 64.1 Å². The van der Waals surface area contributed by atoms with Crippen LogP contribution in [0.25, 0.3) is 11.2 Å². The van der Waals surface area contributed by atoms with Crippen molar-refractivity contribution < 1.29 is 43.0 Å². The third kappa shape index (κ3) is 6.01. The van der Waals surface area contributed by atoms with Crippen LogP contribution in [0.1, 0.15) is 45.8 Å². The van der Waals surface area contributed by atoms with E-state index in [4.69, 9.17) is 18.5 Å². The van der Waals surface area contributed by atoms with Crippen molar-refractivity contribution in [3.8, 4) is 0 Å². The number of nitrogens with zero attached hydrogens (tertiary/aromatic N) is 4. The van der Waals surface area contributed by atoms with Crippen LogP contribution in [0.15, 0.2) is 12.7 Å². The number of rotatable bonds is 7. The zero-order chi connectivity index (χ0) is 22.9. The molecule has 2 aromatic rings. The predicted octanol–water partition coefficient (Wildman–Crippen LogP) is 0.484. The molecule has 4 heterocycles. The smallest absolute Gasteiger partial charge is 0.455 e. The second-order valence-electron chi connectivity index (χ2n) is 7.45. The molecule has 183 valence electrons. The summed E-state index contributed by atoms with van der Waals surface area (Å²) in [5.41, 5.74) is 0.638. The van der Waals surface area contributed by atoms with Gasteiger partial charge in [-0.25, -0.2) is 19.5 Å². The topological polar surface area (TPSA) is 195 Å². The Kier molecular flexibility index (Phi) is 10.1. The number of aromatic nitrogens is 4. The molecule has 2 saturated heterocycles. The molecular formula is C18H26N5NaO9P. The van der Waals surface area contributed by atoms with E-state index >= 15 is 0 Å². The number of carbonyl (C=O) groups is 2. The SMILES string of the molecule is CCCC(=O)Nc1ncnc2c1ncn2[C@@H]1O[C@@H]2COP(=O)(O)O[C@H]2[C@H]1OC(=O)CCC.O.[Na]. The summed E-state index contributed by atoms with van der Waals surface area (Å²) in [6, 6.07) is 0. The maximum Gasteiger partial charge on any atom is 0.472 e. The summed E-state index contributed by atoms with van der Waals surface area (Å²) < 4.78 is 35.1. The van der Waals surface area contributed by atoms with E-state index in [0.29, 0.717) is 30.4 Å². The summed E-state index contributed by atoms with van der Waals surface area (Å²) in [5.74, 6) is -0.469. The number of hydrogen-bond donors (Lipinski definition) is 2. The molecule has 2 aromatic heterocycles. The maximum absolute atomic E-state index is 12.3. The first-order chi connectivity index (χ1) is 15.3. The number of phosphoric ester groups is 1. The van der Waals surface area contributed by atoms with E-state index in [2.05, 4.69) is 20.3 Å². The zero-order valence-electron chi connectivity index (χ0n) is 19.0. The third-order valence-corrected chi connectivity index (χ3v) is 6.02. The number of ether oxygens (including phenoxy) is 2. The summed E-state index contributed by atoms with van der Waals surface area (Å²) >= 11 is 0. The fourth-order valence-electron chi connectivity index (χ4n) is 3.64. The predicted molar refractivity (Wildman–Crippen MR) is 118 cm³/mol. The van der Waals surface area contributed by atoms with Crippen LogP contribution >= 0.6 is 7.82 Å². The van der Waals surface area contributed by atoms with Crippen LogP contribution in [0.2, 0.25) is 0 Å². The van der Waals surface area contributed by atoms with Crippen LogP contribution in [0.3, 0.4) is 0 Å². The van der Waals surface area contributed by atoms with Gasteiger partial charge in [-0.3, -0.25) is 23.2 Å². The number of esters is 1. The first kappa shape index (κ1) is 28.8. The standard InChI is InChI=1S/C18H24N5O8P.Na.H2O/c1-3-5-11(24)22-16-13-17(20-8-19-16)23(9-21-13)18-15(30-12(25)6-4-2)14-10(29-18)7-28-32(26,27)31-14;;/h8-10,14-15,18H,3-7H2,1-2H3,(H,26,27)(H,19,20,22,24);;1H2/t10-,14-,15-,18-;;/m1../s1. The number of anilines is 1. The molecule has 2 aliphatic rings. The molecule has 4 rings (SSSR count). The number of nitrogens with one attached hydrogen (secondary N) is 1. The Morgan fingerprint density at radius 1 is 1.26 bits per heavy atom. The van der Waals surface area contributed by atoms with Gasteiger partial charge in [0.05, 0.1) is 12.9 Å². The van der Waals surface area contributed by atoms with Gasteiger partial charge in [0.15, 0.2) is 29.3 Å². The molecule has 0 bridgehead atoms. The number of carbonyl (C=O) groups excluding carboxylic acids is 2. The van der Waals surface area contributed by atoms with E-state index in [9.17, 15) is 19.0 Å². The van der Waals surface area contributed by atoms with E-state index < -0.39 is 38.3 Å². The number of fused-ring (bicyclic) bond motifs is 2. The average molecular weight is 510 g/mol. The minimum Gasteiger partial charge on any atom is -0.455 e. The molecule has 4 N–H and O–H groups in total. The molecule has 2 fully saturated rings. The van der Waals surface area contributed by atoms with E-state index in [1.54, 1.807) is 0 Å². The van der Waals surface area contributed by atoms with Gasteiger partial charge in [-0.15, -0.1) is 0 Å². The molecule has 1 radical (unpaired) electrons. The molecule has 1 unspecified atom stereocenters. The molecule has 16 heteroatoms. The van der Waals surface area contributed by atoms with Gasteiger partial charge in [0.1, 0.15) is 18.5 Å². The van der Waals surface area contributed by atoms with Crippen LogP contribution in [0, 0.1) is 0 Å².